The number of fused-ring (bicyclic) bond motifs is 1. The summed E-state index contributed by atoms with van der Waals surface area (Å²) in [6.07, 6.45) is 7.09. The molecule has 1 aromatic rings. The molecule has 1 aromatic carbocycles. The number of rotatable bonds is 5. The summed E-state index contributed by atoms with van der Waals surface area (Å²) in [5, 5.41) is 0. The number of halogens is 1. The minimum Gasteiger partial charge on any atom is -0.491 e. The Kier molecular flexibility index (Phi) is 4.98. The summed E-state index contributed by atoms with van der Waals surface area (Å²) >= 11 is 0. The lowest BCUT2D eigenvalue weighted by molar-refractivity contribution is -0.112. The summed E-state index contributed by atoms with van der Waals surface area (Å²) in [7, 11) is 0. The van der Waals surface area contributed by atoms with Crippen LogP contribution >= 0.6 is 0 Å². The van der Waals surface area contributed by atoms with Crippen LogP contribution in [-0.4, -0.2) is 38.0 Å². The number of benzene rings is 1. The van der Waals surface area contributed by atoms with E-state index in [2.05, 4.69) is 4.99 Å². The van der Waals surface area contributed by atoms with E-state index in [1.54, 1.807) is 6.07 Å². The predicted molar refractivity (Wildman–Crippen MR) is 98.3 cm³/mol. The summed E-state index contributed by atoms with van der Waals surface area (Å²) in [5.41, 5.74) is 4.87. The molecule has 1 aliphatic carbocycles. The highest BCUT2D eigenvalue weighted by Gasteiger charge is 2.27. The van der Waals surface area contributed by atoms with Crippen LogP contribution in [0.4, 0.5) is 4.39 Å². The second-order valence-corrected chi connectivity index (χ2v) is 6.90. The van der Waals surface area contributed by atoms with Gasteiger partial charge in [0.05, 0.1) is 0 Å². The average molecular weight is 355 g/mol. The van der Waals surface area contributed by atoms with Gasteiger partial charge in [-0.3, -0.25) is 9.79 Å². The first kappa shape index (κ1) is 17.2. The van der Waals surface area contributed by atoms with Crippen LogP contribution in [-0.2, 0) is 16.0 Å². The van der Waals surface area contributed by atoms with Crippen molar-refractivity contribution < 1.29 is 18.7 Å². The Bertz CT molecular complexity index is 803. The molecule has 0 atom stereocenters. The number of hydrogen-bond donors (Lipinski definition) is 0. The van der Waals surface area contributed by atoms with Gasteiger partial charge in [-0.25, -0.2) is 4.39 Å². The van der Waals surface area contributed by atoms with Gasteiger partial charge in [0.1, 0.15) is 19.0 Å². The fourth-order valence-electron chi connectivity index (χ4n) is 3.80. The molecule has 0 amide bonds. The van der Waals surface area contributed by atoms with Crippen molar-refractivity contribution in [2.75, 3.05) is 26.5 Å². The number of aliphatic imine (C=N–C) groups is 1. The molecule has 1 fully saturated rings. The molecule has 4 nitrogen and oxygen atoms in total. The van der Waals surface area contributed by atoms with Crippen molar-refractivity contribution in [3.05, 3.63) is 47.2 Å². The van der Waals surface area contributed by atoms with Gasteiger partial charge >= 0.3 is 0 Å². The summed E-state index contributed by atoms with van der Waals surface area (Å²) in [4.78, 5) is 17.1. The number of carbonyl (C=O) groups excluding carboxylic acids is 1. The molecule has 0 unspecified atom stereocenters. The van der Waals surface area contributed by atoms with Gasteiger partial charge in [-0.05, 0) is 47.8 Å². The van der Waals surface area contributed by atoms with Crippen molar-refractivity contribution in [1.82, 2.24) is 0 Å². The Morgan fingerprint density at radius 3 is 2.92 bits per heavy atom. The molecule has 26 heavy (non-hydrogen) atoms. The number of alkyl halides is 1. The monoisotopic (exact) mass is 355 g/mol. The van der Waals surface area contributed by atoms with Crippen LogP contribution in [0, 0.1) is 5.92 Å². The molecule has 0 aromatic heterocycles. The van der Waals surface area contributed by atoms with Crippen LogP contribution in [0.25, 0.3) is 5.57 Å². The fraction of sp³-hybridized carbons (Fsp3) is 0.429. The molecule has 0 saturated carbocycles. The maximum atomic E-state index is 12.5. The van der Waals surface area contributed by atoms with E-state index in [-0.39, 0.29) is 12.4 Å². The third kappa shape index (κ3) is 3.49. The number of Topliss-reactive ketones (excluding diaryl/α,β-unsaturated/α-hetero) is 1. The number of ether oxygens (including phenoxy) is 2. The maximum absolute atomic E-state index is 12.5. The summed E-state index contributed by atoms with van der Waals surface area (Å²) in [6, 6.07) is 5.54. The number of carbonyl (C=O) groups is 1. The van der Waals surface area contributed by atoms with Crippen LogP contribution in [0.2, 0.25) is 0 Å². The molecule has 4 rings (SSSR count). The van der Waals surface area contributed by atoms with E-state index >= 15 is 0 Å². The Labute approximate surface area is 152 Å². The number of nitrogens with zero attached hydrogens (tertiary/aromatic N) is 1. The normalized spacial score (nSPS) is 21.7. The second-order valence-electron chi connectivity index (χ2n) is 6.90. The first-order valence-corrected chi connectivity index (χ1v) is 9.15. The average Bonchev–Trinajstić information content (AvgIpc) is 3.26. The Morgan fingerprint density at radius 1 is 1.27 bits per heavy atom. The molecule has 1 saturated heterocycles. The largest absolute Gasteiger partial charge is 0.491 e. The minimum absolute atomic E-state index is 0.0270. The van der Waals surface area contributed by atoms with Gasteiger partial charge in [0, 0.05) is 49.5 Å². The van der Waals surface area contributed by atoms with Gasteiger partial charge in [0.2, 0.25) is 0 Å². The molecule has 3 aliphatic rings. The van der Waals surface area contributed by atoms with Gasteiger partial charge in [0.25, 0.3) is 0 Å². The summed E-state index contributed by atoms with van der Waals surface area (Å²) in [5.74, 6) is 1.20. The van der Waals surface area contributed by atoms with E-state index in [4.69, 9.17) is 9.47 Å². The van der Waals surface area contributed by atoms with Gasteiger partial charge in [-0.2, -0.15) is 0 Å². The van der Waals surface area contributed by atoms with Crippen LogP contribution < -0.4 is 4.74 Å². The van der Waals surface area contributed by atoms with Crippen LogP contribution in [0.5, 0.6) is 5.75 Å². The van der Waals surface area contributed by atoms with Crippen molar-refractivity contribution in [1.29, 1.82) is 0 Å². The molecule has 2 aliphatic heterocycles. The number of allylic oxidation sites excluding steroid dienone is 3. The predicted octanol–water partition coefficient (Wildman–Crippen LogP) is 3.70. The molecule has 0 bridgehead atoms. The Hall–Kier alpha value is -2.27. The van der Waals surface area contributed by atoms with Gasteiger partial charge in [-0.1, -0.05) is 6.07 Å². The highest BCUT2D eigenvalue weighted by Crippen LogP contribution is 2.35. The lowest BCUT2D eigenvalue weighted by atomic mass is 9.91. The Morgan fingerprint density at radius 2 is 2.12 bits per heavy atom. The zero-order chi connectivity index (χ0) is 17.9. The molecular weight excluding hydrogens is 333 g/mol. The number of ketones is 1. The molecule has 0 spiro atoms. The standard InChI is InChI=1S/C21H22FNO3/c22-5-8-26-17-2-1-16-11-21(24)19(18(16)12-17)9-14-10-20(23-13-14)15-3-6-25-7-4-15/h1-2,9,12-13,15H,3-8,10-11H2/b19-9-. The molecule has 5 heteroatoms. The van der Waals surface area contributed by atoms with Crippen molar-refractivity contribution in [2.45, 2.75) is 25.7 Å². The maximum Gasteiger partial charge on any atom is 0.167 e. The van der Waals surface area contributed by atoms with E-state index in [0.717, 1.165) is 49.2 Å². The SMILES string of the molecule is O=C1Cc2ccc(OCCF)cc2/C1=C/C1=CN=C(C2CCOCC2)C1. The first-order valence-electron chi connectivity index (χ1n) is 9.15. The quantitative estimate of drug-likeness (QED) is 0.757. The fourth-order valence-corrected chi connectivity index (χ4v) is 3.80. The van der Waals surface area contributed by atoms with E-state index in [0.29, 0.717) is 23.7 Å². The lowest BCUT2D eigenvalue weighted by Gasteiger charge is -2.22. The van der Waals surface area contributed by atoms with Crippen molar-refractivity contribution in [3.8, 4) is 5.75 Å². The van der Waals surface area contributed by atoms with Gasteiger partial charge in [-0.15, -0.1) is 0 Å². The smallest absolute Gasteiger partial charge is 0.167 e. The van der Waals surface area contributed by atoms with Crippen molar-refractivity contribution >= 4 is 17.1 Å². The van der Waals surface area contributed by atoms with E-state index < -0.39 is 6.67 Å². The zero-order valence-corrected chi connectivity index (χ0v) is 14.7. The molecule has 136 valence electrons. The third-order valence-electron chi connectivity index (χ3n) is 5.17. The molecule has 0 N–H and O–H groups in total. The van der Waals surface area contributed by atoms with Crippen molar-refractivity contribution in [3.63, 3.8) is 0 Å². The molecule has 2 heterocycles. The number of hydrogen-bond acceptors (Lipinski definition) is 4. The van der Waals surface area contributed by atoms with E-state index in [1.807, 2.05) is 24.4 Å². The van der Waals surface area contributed by atoms with Gasteiger partial charge in [0.15, 0.2) is 5.78 Å². The lowest BCUT2D eigenvalue weighted by Crippen LogP contribution is -2.22. The van der Waals surface area contributed by atoms with Crippen molar-refractivity contribution in [2.24, 2.45) is 10.9 Å². The minimum atomic E-state index is -0.530. The molecular formula is C21H22FNO3. The van der Waals surface area contributed by atoms with E-state index in [1.165, 1.54) is 5.71 Å². The van der Waals surface area contributed by atoms with Crippen LogP contribution in [0.3, 0.4) is 0 Å². The first-order chi connectivity index (χ1) is 12.7. The van der Waals surface area contributed by atoms with Gasteiger partial charge < -0.3 is 9.47 Å². The highest BCUT2D eigenvalue weighted by atomic mass is 19.1. The van der Waals surface area contributed by atoms with Crippen LogP contribution in [0.15, 0.2) is 41.0 Å². The van der Waals surface area contributed by atoms with Crippen LogP contribution in [0.1, 0.15) is 30.4 Å². The van der Waals surface area contributed by atoms with E-state index in [9.17, 15) is 9.18 Å². The molecule has 0 radical (unpaired) electrons. The second kappa shape index (κ2) is 7.54. The topological polar surface area (TPSA) is 47.9 Å². The highest BCUT2D eigenvalue weighted by molar-refractivity contribution is 6.26. The third-order valence-corrected chi connectivity index (χ3v) is 5.17. The summed E-state index contributed by atoms with van der Waals surface area (Å²) < 4.78 is 23.1. The summed E-state index contributed by atoms with van der Waals surface area (Å²) in [6.45, 7) is 1.10. The zero-order valence-electron chi connectivity index (χ0n) is 14.7. The Balaban J connectivity index is 1.51.